The average molecular weight is 244 g/mol. The van der Waals surface area contributed by atoms with Crippen molar-refractivity contribution in [3.63, 3.8) is 0 Å². The van der Waals surface area contributed by atoms with Gasteiger partial charge in [-0.2, -0.15) is 0 Å². The number of aromatic nitrogens is 1. The van der Waals surface area contributed by atoms with Gasteiger partial charge in [-0.3, -0.25) is 4.79 Å². The quantitative estimate of drug-likeness (QED) is 0.757. The molecule has 0 spiro atoms. The number of rotatable bonds is 2. The minimum atomic E-state index is -0.992. The van der Waals surface area contributed by atoms with Crippen LogP contribution in [0, 0.1) is 0 Å². The van der Waals surface area contributed by atoms with Gasteiger partial charge in [-0.15, -0.1) is 0 Å². The first-order valence-corrected chi connectivity index (χ1v) is 6.28. The number of hydrogen-bond donors (Lipinski definition) is 3. The van der Waals surface area contributed by atoms with Crippen LogP contribution in [-0.4, -0.2) is 16.1 Å². The standard InChI is InChI=1S/C14H16N2O2/c15-13(14(17)18)11-7-16-12-6-9-4-2-1-3-8(9)5-10(11)12/h5-7,13,16H,1-4,15H2,(H,17,18). The van der Waals surface area contributed by atoms with E-state index in [1.807, 2.05) is 0 Å². The van der Waals surface area contributed by atoms with Crippen LogP contribution in [0.2, 0.25) is 0 Å². The number of aromatic amines is 1. The SMILES string of the molecule is NC(C(=O)O)c1c[nH]c2cc3c(cc12)CCCC3. The number of nitrogens with two attached hydrogens (primary N) is 1. The zero-order chi connectivity index (χ0) is 12.7. The van der Waals surface area contributed by atoms with Crippen molar-refractivity contribution in [2.75, 3.05) is 0 Å². The molecule has 4 heteroatoms. The van der Waals surface area contributed by atoms with E-state index in [4.69, 9.17) is 10.8 Å². The predicted molar refractivity (Wildman–Crippen MR) is 69.5 cm³/mol. The van der Waals surface area contributed by atoms with Gasteiger partial charge in [0.05, 0.1) is 0 Å². The number of fused-ring (bicyclic) bond motifs is 2. The Morgan fingerprint density at radius 2 is 1.94 bits per heavy atom. The summed E-state index contributed by atoms with van der Waals surface area (Å²) < 4.78 is 0. The highest BCUT2D eigenvalue weighted by Gasteiger charge is 2.20. The van der Waals surface area contributed by atoms with Gasteiger partial charge in [-0.05, 0) is 48.9 Å². The van der Waals surface area contributed by atoms with Crippen molar-refractivity contribution in [2.45, 2.75) is 31.7 Å². The molecule has 4 nitrogen and oxygen atoms in total. The molecule has 0 aliphatic heterocycles. The maximum atomic E-state index is 11.0. The Bertz CT molecular complexity index is 616. The Labute approximate surface area is 105 Å². The lowest BCUT2D eigenvalue weighted by Gasteiger charge is -2.16. The second-order valence-corrected chi connectivity index (χ2v) is 4.93. The van der Waals surface area contributed by atoms with Crippen LogP contribution in [0.4, 0.5) is 0 Å². The van der Waals surface area contributed by atoms with E-state index in [1.165, 1.54) is 24.0 Å². The molecule has 1 atom stereocenters. The van der Waals surface area contributed by atoms with Crippen molar-refractivity contribution in [1.29, 1.82) is 0 Å². The van der Waals surface area contributed by atoms with Crippen LogP contribution >= 0.6 is 0 Å². The van der Waals surface area contributed by atoms with Crippen LogP contribution in [0.25, 0.3) is 10.9 Å². The van der Waals surface area contributed by atoms with Crippen molar-refractivity contribution >= 4 is 16.9 Å². The Morgan fingerprint density at radius 1 is 1.28 bits per heavy atom. The van der Waals surface area contributed by atoms with Gasteiger partial charge in [-0.25, -0.2) is 0 Å². The maximum absolute atomic E-state index is 11.0. The number of hydrogen-bond acceptors (Lipinski definition) is 2. The molecule has 0 radical (unpaired) electrons. The molecule has 1 heterocycles. The van der Waals surface area contributed by atoms with Gasteiger partial charge in [0.2, 0.25) is 0 Å². The van der Waals surface area contributed by atoms with Crippen LogP contribution in [0.15, 0.2) is 18.3 Å². The van der Waals surface area contributed by atoms with E-state index in [1.54, 1.807) is 6.20 Å². The normalized spacial score (nSPS) is 16.5. The summed E-state index contributed by atoms with van der Waals surface area (Å²) in [5.74, 6) is -0.992. The summed E-state index contributed by atoms with van der Waals surface area (Å²) in [5.41, 5.74) is 10.1. The molecule has 0 fully saturated rings. The number of benzene rings is 1. The van der Waals surface area contributed by atoms with Crippen molar-refractivity contribution < 1.29 is 9.90 Å². The van der Waals surface area contributed by atoms with Crippen LogP contribution in [0.1, 0.15) is 35.6 Å². The van der Waals surface area contributed by atoms with Crippen LogP contribution in [0.3, 0.4) is 0 Å². The molecule has 94 valence electrons. The second-order valence-electron chi connectivity index (χ2n) is 4.93. The number of aliphatic carboxylic acids is 1. The van der Waals surface area contributed by atoms with E-state index < -0.39 is 12.0 Å². The summed E-state index contributed by atoms with van der Waals surface area (Å²) in [7, 11) is 0. The molecule has 0 bridgehead atoms. The van der Waals surface area contributed by atoms with Crippen molar-refractivity contribution in [3.8, 4) is 0 Å². The predicted octanol–water partition coefficient (Wildman–Crippen LogP) is 2.13. The fourth-order valence-electron chi connectivity index (χ4n) is 2.77. The zero-order valence-corrected chi connectivity index (χ0v) is 10.1. The van der Waals surface area contributed by atoms with Crippen molar-refractivity contribution in [2.24, 2.45) is 5.73 Å². The number of aryl methyl sites for hydroxylation is 2. The lowest BCUT2D eigenvalue weighted by Crippen LogP contribution is -2.20. The first kappa shape index (κ1) is 11.3. The van der Waals surface area contributed by atoms with Gasteiger partial charge in [0.1, 0.15) is 6.04 Å². The number of carboxylic acid groups (broad SMARTS) is 1. The third kappa shape index (κ3) is 1.69. The highest BCUT2D eigenvalue weighted by Crippen LogP contribution is 2.30. The Hall–Kier alpha value is -1.81. The molecule has 1 unspecified atom stereocenters. The zero-order valence-electron chi connectivity index (χ0n) is 10.1. The molecular weight excluding hydrogens is 228 g/mol. The van der Waals surface area contributed by atoms with Gasteiger partial charge in [0.25, 0.3) is 0 Å². The van der Waals surface area contributed by atoms with Crippen molar-refractivity contribution in [1.82, 2.24) is 4.98 Å². The molecule has 18 heavy (non-hydrogen) atoms. The molecule has 0 amide bonds. The van der Waals surface area contributed by atoms with E-state index in [2.05, 4.69) is 17.1 Å². The number of carboxylic acids is 1. The second kappa shape index (κ2) is 4.14. The lowest BCUT2D eigenvalue weighted by molar-refractivity contribution is -0.138. The number of nitrogens with one attached hydrogen (secondary N) is 1. The highest BCUT2D eigenvalue weighted by molar-refractivity contribution is 5.90. The molecule has 4 N–H and O–H groups in total. The Morgan fingerprint density at radius 3 is 2.61 bits per heavy atom. The third-order valence-corrected chi connectivity index (χ3v) is 3.78. The first-order valence-electron chi connectivity index (χ1n) is 6.28. The fourth-order valence-corrected chi connectivity index (χ4v) is 2.77. The van der Waals surface area contributed by atoms with Crippen LogP contribution in [-0.2, 0) is 17.6 Å². The maximum Gasteiger partial charge on any atom is 0.325 e. The van der Waals surface area contributed by atoms with E-state index in [9.17, 15) is 4.79 Å². The first-order chi connectivity index (χ1) is 8.66. The van der Waals surface area contributed by atoms with E-state index in [0.29, 0.717) is 5.56 Å². The molecule has 2 aromatic rings. The number of carbonyl (C=O) groups is 1. The van der Waals surface area contributed by atoms with Crippen LogP contribution < -0.4 is 5.73 Å². The van der Waals surface area contributed by atoms with E-state index in [-0.39, 0.29) is 0 Å². The molecule has 1 aliphatic carbocycles. The molecular formula is C14H16N2O2. The summed E-state index contributed by atoms with van der Waals surface area (Å²) in [4.78, 5) is 14.1. The van der Waals surface area contributed by atoms with Gasteiger partial charge in [0.15, 0.2) is 0 Å². The van der Waals surface area contributed by atoms with Gasteiger partial charge < -0.3 is 15.8 Å². The molecule has 1 aromatic heterocycles. The summed E-state index contributed by atoms with van der Waals surface area (Å²) in [6.07, 6.45) is 6.36. The molecule has 1 aromatic carbocycles. The van der Waals surface area contributed by atoms with Gasteiger partial charge in [-0.1, -0.05) is 0 Å². The molecule has 3 rings (SSSR count). The summed E-state index contributed by atoms with van der Waals surface area (Å²) in [5, 5.41) is 9.96. The van der Waals surface area contributed by atoms with Gasteiger partial charge >= 0.3 is 5.97 Å². The summed E-state index contributed by atoms with van der Waals surface area (Å²) in [6, 6.07) is 3.29. The van der Waals surface area contributed by atoms with Crippen LogP contribution in [0.5, 0.6) is 0 Å². The molecule has 0 saturated heterocycles. The Kier molecular flexibility index (Phi) is 2.59. The van der Waals surface area contributed by atoms with E-state index >= 15 is 0 Å². The monoisotopic (exact) mass is 244 g/mol. The molecule has 1 aliphatic rings. The highest BCUT2D eigenvalue weighted by atomic mass is 16.4. The van der Waals surface area contributed by atoms with Gasteiger partial charge in [0, 0.05) is 22.7 Å². The molecule has 0 saturated carbocycles. The smallest absolute Gasteiger partial charge is 0.325 e. The Balaban J connectivity index is 2.15. The minimum Gasteiger partial charge on any atom is -0.480 e. The summed E-state index contributed by atoms with van der Waals surface area (Å²) in [6.45, 7) is 0. The third-order valence-electron chi connectivity index (χ3n) is 3.78. The number of H-pyrrole nitrogens is 1. The van der Waals surface area contributed by atoms with Crippen molar-refractivity contribution in [3.05, 3.63) is 35.0 Å². The largest absolute Gasteiger partial charge is 0.480 e. The minimum absolute atomic E-state index is 0.672. The topological polar surface area (TPSA) is 79.1 Å². The summed E-state index contributed by atoms with van der Waals surface area (Å²) >= 11 is 0. The fraction of sp³-hybridized carbons (Fsp3) is 0.357. The lowest BCUT2D eigenvalue weighted by atomic mass is 9.90. The van der Waals surface area contributed by atoms with E-state index in [0.717, 1.165) is 23.7 Å². The average Bonchev–Trinajstić information content (AvgIpc) is 2.77.